The van der Waals surface area contributed by atoms with Crippen molar-refractivity contribution in [1.82, 2.24) is 0 Å². The number of phenolic OH excluding ortho intramolecular Hbond substituents is 2. The first-order valence-electron chi connectivity index (χ1n) is 10.6. The number of hydrogen-bond donors (Lipinski definition) is 2. The van der Waals surface area contributed by atoms with Crippen LogP contribution in [0.3, 0.4) is 0 Å². The molecule has 0 aliphatic rings. The molecule has 0 saturated heterocycles. The number of aryl methyl sites for hydroxylation is 4. The van der Waals surface area contributed by atoms with Crippen molar-refractivity contribution in [3.8, 4) is 11.5 Å². The second kappa shape index (κ2) is 7.50. The predicted octanol–water partition coefficient (Wildman–Crippen LogP) is 6.98. The topological polar surface area (TPSA) is 40.5 Å². The van der Waals surface area contributed by atoms with Gasteiger partial charge in [0.1, 0.15) is 11.5 Å². The minimum absolute atomic E-state index is 0.328. The van der Waals surface area contributed by atoms with E-state index in [2.05, 4.69) is 77.9 Å². The molecule has 3 aromatic carbocycles. The van der Waals surface area contributed by atoms with E-state index in [0.717, 1.165) is 44.5 Å². The zero-order chi connectivity index (χ0) is 22.4. The van der Waals surface area contributed by atoms with Gasteiger partial charge in [-0.25, -0.2) is 0 Å². The Hall–Kier alpha value is -2.74. The van der Waals surface area contributed by atoms with Gasteiger partial charge in [0.25, 0.3) is 0 Å². The molecule has 0 aliphatic heterocycles. The van der Waals surface area contributed by atoms with Crippen molar-refractivity contribution in [3.63, 3.8) is 0 Å². The van der Waals surface area contributed by atoms with Crippen LogP contribution in [-0.2, 0) is 10.8 Å². The highest BCUT2D eigenvalue weighted by Crippen LogP contribution is 2.42. The van der Waals surface area contributed by atoms with Crippen LogP contribution < -0.4 is 0 Å². The summed E-state index contributed by atoms with van der Waals surface area (Å²) < 4.78 is 0. The average Bonchev–Trinajstić information content (AvgIpc) is 2.67. The Kier molecular flexibility index (Phi) is 5.49. The van der Waals surface area contributed by atoms with E-state index in [-0.39, 0.29) is 10.8 Å². The molecule has 0 saturated carbocycles. The first kappa shape index (κ1) is 22.0. The molecule has 2 N–H and O–H groups in total. The van der Waals surface area contributed by atoms with Crippen LogP contribution in [-0.4, -0.2) is 10.2 Å². The minimum Gasteiger partial charge on any atom is -0.507 e. The largest absolute Gasteiger partial charge is 0.507 e. The summed E-state index contributed by atoms with van der Waals surface area (Å²) >= 11 is 0. The molecule has 0 aromatic heterocycles. The van der Waals surface area contributed by atoms with Gasteiger partial charge in [-0.3, -0.25) is 0 Å². The van der Waals surface area contributed by atoms with Crippen molar-refractivity contribution >= 4 is 0 Å². The fourth-order valence-corrected chi connectivity index (χ4v) is 4.49. The van der Waals surface area contributed by atoms with E-state index in [1.165, 1.54) is 0 Å². The van der Waals surface area contributed by atoms with Crippen LogP contribution in [0.15, 0.2) is 48.5 Å². The number of hydrogen-bond acceptors (Lipinski definition) is 2. The fraction of sp³-hybridized carbons (Fsp3) is 0.357. The molecule has 3 aromatic rings. The van der Waals surface area contributed by atoms with Crippen LogP contribution >= 0.6 is 0 Å². The third-order valence-electron chi connectivity index (χ3n) is 6.56. The van der Waals surface area contributed by atoms with E-state index >= 15 is 0 Å². The fourth-order valence-electron chi connectivity index (χ4n) is 4.49. The Morgan fingerprint density at radius 3 is 1.13 bits per heavy atom. The van der Waals surface area contributed by atoms with Crippen molar-refractivity contribution in [2.75, 3.05) is 0 Å². The van der Waals surface area contributed by atoms with Gasteiger partial charge in [0.2, 0.25) is 0 Å². The lowest BCUT2D eigenvalue weighted by Gasteiger charge is -2.31. The van der Waals surface area contributed by atoms with Crippen LogP contribution in [0.2, 0.25) is 0 Å². The highest BCUT2D eigenvalue weighted by atomic mass is 16.3. The lowest BCUT2D eigenvalue weighted by atomic mass is 9.73. The number of phenols is 2. The summed E-state index contributed by atoms with van der Waals surface area (Å²) in [6, 6.07) is 16.8. The maximum atomic E-state index is 10.7. The molecule has 0 aliphatic carbocycles. The molecule has 0 amide bonds. The van der Waals surface area contributed by atoms with Gasteiger partial charge in [0, 0.05) is 22.0 Å². The summed E-state index contributed by atoms with van der Waals surface area (Å²) in [6.07, 6.45) is 0. The maximum Gasteiger partial charge on any atom is 0.122 e. The maximum absolute atomic E-state index is 10.7. The van der Waals surface area contributed by atoms with Crippen LogP contribution in [0.1, 0.15) is 72.2 Å². The summed E-state index contributed by atoms with van der Waals surface area (Å²) in [5, 5.41) is 21.4. The van der Waals surface area contributed by atoms with Gasteiger partial charge < -0.3 is 10.2 Å². The molecule has 0 bridgehead atoms. The normalized spacial score (nSPS) is 12.3. The first-order valence-corrected chi connectivity index (χ1v) is 10.6. The Labute approximate surface area is 181 Å². The van der Waals surface area contributed by atoms with Crippen molar-refractivity contribution < 1.29 is 10.2 Å². The molecule has 2 nitrogen and oxygen atoms in total. The highest BCUT2D eigenvalue weighted by molar-refractivity contribution is 5.53. The molecule has 0 atom stereocenters. The van der Waals surface area contributed by atoms with Crippen molar-refractivity contribution in [3.05, 3.63) is 93.0 Å². The molecular formula is C28H34O2. The third-order valence-corrected chi connectivity index (χ3v) is 6.56. The standard InChI is InChI=1S/C28H34O2/c1-17-13-19(3)25(29)23(15-17)27(5,6)21-9-11-22(12-10-21)28(7,8)24-16-18(2)14-20(4)26(24)30/h9-16,29-30H,1-8H3. The molecular weight excluding hydrogens is 368 g/mol. The molecule has 3 rings (SSSR count). The highest BCUT2D eigenvalue weighted by Gasteiger charge is 2.30. The van der Waals surface area contributed by atoms with Crippen LogP contribution in [0, 0.1) is 27.7 Å². The van der Waals surface area contributed by atoms with Crippen LogP contribution in [0.5, 0.6) is 11.5 Å². The van der Waals surface area contributed by atoms with Gasteiger partial charge in [0.05, 0.1) is 0 Å². The van der Waals surface area contributed by atoms with Gasteiger partial charge in [-0.15, -0.1) is 0 Å². The van der Waals surface area contributed by atoms with E-state index in [0.29, 0.717) is 11.5 Å². The average molecular weight is 403 g/mol. The molecule has 0 radical (unpaired) electrons. The zero-order valence-electron chi connectivity index (χ0n) is 19.5. The van der Waals surface area contributed by atoms with E-state index in [1.807, 2.05) is 26.0 Å². The number of aromatic hydroxyl groups is 2. The van der Waals surface area contributed by atoms with Gasteiger partial charge in [0.15, 0.2) is 0 Å². The molecule has 0 fully saturated rings. The summed E-state index contributed by atoms with van der Waals surface area (Å²) in [4.78, 5) is 0. The van der Waals surface area contributed by atoms with E-state index < -0.39 is 0 Å². The van der Waals surface area contributed by atoms with E-state index in [9.17, 15) is 10.2 Å². The Bertz CT molecular complexity index is 998. The smallest absolute Gasteiger partial charge is 0.122 e. The molecule has 0 spiro atoms. The quantitative estimate of drug-likeness (QED) is 0.494. The molecule has 30 heavy (non-hydrogen) atoms. The number of rotatable bonds is 4. The lowest BCUT2D eigenvalue weighted by Crippen LogP contribution is -2.22. The monoisotopic (exact) mass is 402 g/mol. The summed E-state index contributed by atoms with van der Waals surface area (Å²) in [5.41, 5.74) is 7.63. The van der Waals surface area contributed by atoms with Crippen LogP contribution in [0.25, 0.3) is 0 Å². The molecule has 0 unspecified atom stereocenters. The minimum atomic E-state index is -0.328. The van der Waals surface area contributed by atoms with Crippen molar-refractivity contribution in [2.45, 2.75) is 66.2 Å². The van der Waals surface area contributed by atoms with Gasteiger partial charge in [-0.1, -0.05) is 87.4 Å². The summed E-state index contributed by atoms with van der Waals surface area (Å²) in [7, 11) is 0. The zero-order valence-corrected chi connectivity index (χ0v) is 19.5. The van der Waals surface area contributed by atoms with Crippen molar-refractivity contribution in [1.29, 1.82) is 0 Å². The van der Waals surface area contributed by atoms with Gasteiger partial charge in [-0.2, -0.15) is 0 Å². The lowest BCUT2D eigenvalue weighted by molar-refractivity contribution is 0.447. The van der Waals surface area contributed by atoms with E-state index in [1.54, 1.807) is 0 Å². The molecule has 0 heterocycles. The predicted molar refractivity (Wildman–Crippen MR) is 126 cm³/mol. The Balaban J connectivity index is 2.05. The molecule has 2 heteroatoms. The molecule has 158 valence electrons. The summed E-state index contributed by atoms with van der Waals surface area (Å²) in [5.74, 6) is 0.741. The van der Waals surface area contributed by atoms with E-state index in [4.69, 9.17) is 0 Å². The van der Waals surface area contributed by atoms with Gasteiger partial charge >= 0.3 is 0 Å². The Morgan fingerprint density at radius 1 is 0.533 bits per heavy atom. The third kappa shape index (κ3) is 3.71. The SMILES string of the molecule is Cc1cc(C)c(O)c(C(C)(C)c2ccc(C(C)(C)c3cc(C)cc(C)c3O)cc2)c1. The number of benzene rings is 3. The second-order valence-electron chi connectivity index (χ2n) is 9.78. The Morgan fingerprint density at radius 2 is 0.833 bits per heavy atom. The van der Waals surface area contributed by atoms with Crippen LogP contribution in [0.4, 0.5) is 0 Å². The van der Waals surface area contributed by atoms with Crippen molar-refractivity contribution in [2.24, 2.45) is 0 Å². The first-order chi connectivity index (χ1) is 13.9. The van der Waals surface area contributed by atoms with Gasteiger partial charge in [-0.05, 0) is 49.9 Å². The second-order valence-corrected chi connectivity index (χ2v) is 9.78. The summed E-state index contributed by atoms with van der Waals surface area (Å²) in [6.45, 7) is 16.6.